The zero-order valence-electron chi connectivity index (χ0n) is 12.5. The summed E-state index contributed by atoms with van der Waals surface area (Å²) in [5.41, 5.74) is 6.56. The minimum Gasteiger partial charge on any atom is -0.376 e. The summed E-state index contributed by atoms with van der Waals surface area (Å²) in [4.78, 5) is 0. The fourth-order valence-corrected chi connectivity index (χ4v) is 3.58. The maximum atomic E-state index is 6.36. The second kappa shape index (κ2) is 4.96. The molecule has 0 bridgehead atoms. The Balaban J connectivity index is 2.18. The molecule has 3 rings (SSSR count). The molecule has 20 heavy (non-hydrogen) atoms. The van der Waals surface area contributed by atoms with Gasteiger partial charge in [-0.25, -0.2) is 0 Å². The summed E-state index contributed by atoms with van der Waals surface area (Å²) >= 11 is 6.36. The molecule has 0 unspecified atom stereocenters. The minimum atomic E-state index is -0.00507. The van der Waals surface area contributed by atoms with E-state index in [-0.39, 0.29) is 5.54 Å². The number of halogens is 1. The quantitative estimate of drug-likeness (QED) is 0.677. The molecule has 1 nitrogen and oxygen atoms in total. The van der Waals surface area contributed by atoms with Gasteiger partial charge < -0.3 is 5.32 Å². The van der Waals surface area contributed by atoms with E-state index in [1.54, 1.807) is 0 Å². The van der Waals surface area contributed by atoms with Gasteiger partial charge in [0.2, 0.25) is 0 Å². The van der Waals surface area contributed by atoms with E-state index in [0.717, 1.165) is 11.4 Å². The van der Waals surface area contributed by atoms with Gasteiger partial charge in [0.05, 0.1) is 5.54 Å². The van der Waals surface area contributed by atoms with E-state index in [0.29, 0.717) is 0 Å². The van der Waals surface area contributed by atoms with Crippen molar-refractivity contribution in [1.29, 1.82) is 0 Å². The molecular weight excluding hydrogens is 266 g/mol. The average molecular weight is 288 g/mol. The number of allylic oxidation sites excluding steroid dienone is 3. The third kappa shape index (κ3) is 2.52. The third-order valence-corrected chi connectivity index (χ3v) is 4.41. The number of fused-ring (bicyclic) bond motifs is 1. The van der Waals surface area contributed by atoms with Gasteiger partial charge in [-0.3, -0.25) is 0 Å². The molecule has 2 aliphatic rings. The summed E-state index contributed by atoms with van der Waals surface area (Å²) in [5.74, 6) is 0. The van der Waals surface area contributed by atoms with Gasteiger partial charge >= 0.3 is 0 Å². The maximum Gasteiger partial charge on any atom is 0.0506 e. The van der Waals surface area contributed by atoms with Crippen LogP contribution in [0.5, 0.6) is 0 Å². The fourth-order valence-electron chi connectivity index (χ4n) is 3.37. The van der Waals surface area contributed by atoms with Crippen LogP contribution in [0.15, 0.2) is 24.3 Å². The van der Waals surface area contributed by atoms with Crippen LogP contribution in [0.3, 0.4) is 0 Å². The molecule has 1 heterocycles. The van der Waals surface area contributed by atoms with E-state index in [4.69, 9.17) is 11.6 Å². The van der Waals surface area contributed by atoms with E-state index in [9.17, 15) is 0 Å². The van der Waals surface area contributed by atoms with Gasteiger partial charge in [0.25, 0.3) is 0 Å². The summed E-state index contributed by atoms with van der Waals surface area (Å²) in [5, 5.41) is 4.52. The monoisotopic (exact) mass is 287 g/mol. The lowest BCUT2D eigenvalue weighted by Crippen LogP contribution is -2.32. The van der Waals surface area contributed by atoms with Crippen molar-refractivity contribution in [3.63, 3.8) is 0 Å². The van der Waals surface area contributed by atoms with Crippen LogP contribution in [0.1, 0.15) is 57.6 Å². The van der Waals surface area contributed by atoms with E-state index in [2.05, 4.69) is 50.4 Å². The number of anilines is 1. The van der Waals surface area contributed by atoms with Gasteiger partial charge in [-0.05, 0) is 69.7 Å². The van der Waals surface area contributed by atoms with E-state index < -0.39 is 0 Å². The highest BCUT2D eigenvalue weighted by Gasteiger charge is 2.26. The highest BCUT2D eigenvalue weighted by atomic mass is 35.5. The second-order valence-electron chi connectivity index (χ2n) is 6.53. The normalized spacial score (nSPS) is 20.6. The molecule has 1 N–H and O–H groups in total. The first-order valence-corrected chi connectivity index (χ1v) is 7.85. The zero-order valence-corrected chi connectivity index (χ0v) is 13.3. The summed E-state index contributed by atoms with van der Waals surface area (Å²) < 4.78 is 0. The van der Waals surface area contributed by atoms with Crippen LogP contribution in [0.2, 0.25) is 5.02 Å². The molecule has 1 aliphatic carbocycles. The van der Waals surface area contributed by atoms with Crippen molar-refractivity contribution < 1.29 is 0 Å². The predicted octanol–water partition coefficient (Wildman–Crippen LogP) is 5.90. The molecular formula is C18H22ClN. The highest BCUT2D eigenvalue weighted by molar-refractivity contribution is 6.31. The fraction of sp³-hybridized carbons (Fsp3) is 0.444. The Labute approximate surface area is 126 Å². The number of nitrogens with one attached hydrogen (secondary N) is 1. The van der Waals surface area contributed by atoms with Crippen LogP contribution in [0.4, 0.5) is 5.69 Å². The Hall–Kier alpha value is -1.21. The number of hydrogen-bond donors (Lipinski definition) is 1. The van der Waals surface area contributed by atoms with Crippen molar-refractivity contribution in [2.24, 2.45) is 0 Å². The van der Waals surface area contributed by atoms with E-state index >= 15 is 0 Å². The van der Waals surface area contributed by atoms with E-state index in [1.165, 1.54) is 47.2 Å². The molecule has 0 aromatic heterocycles. The summed E-state index contributed by atoms with van der Waals surface area (Å²) in [6, 6.07) is 4.21. The first-order chi connectivity index (χ1) is 9.46. The molecule has 1 aliphatic heterocycles. The first kappa shape index (κ1) is 13.8. The summed E-state index contributed by atoms with van der Waals surface area (Å²) in [7, 11) is 0. The predicted molar refractivity (Wildman–Crippen MR) is 89.2 cm³/mol. The highest BCUT2D eigenvalue weighted by Crippen LogP contribution is 2.42. The van der Waals surface area contributed by atoms with Crippen LogP contribution in [0.25, 0.3) is 11.1 Å². The first-order valence-electron chi connectivity index (χ1n) is 7.47. The number of benzene rings is 1. The minimum absolute atomic E-state index is 0.00507. The molecule has 0 amide bonds. The lowest BCUT2D eigenvalue weighted by molar-refractivity contribution is 0.705. The van der Waals surface area contributed by atoms with Gasteiger partial charge in [0.1, 0.15) is 0 Å². The van der Waals surface area contributed by atoms with Crippen LogP contribution < -0.4 is 5.32 Å². The smallest absolute Gasteiger partial charge is 0.0506 e. The van der Waals surface area contributed by atoms with Crippen molar-refractivity contribution in [2.45, 2.75) is 52.0 Å². The molecule has 0 atom stereocenters. The zero-order chi connectivity index (χ0) is 14.3. The Morgan fingerprint density at radius 2 is 1.90 bits per heavy atom. The SMILES string of the molecule is CC1=CC(C)(C)Nc2c1cc(Cl)cc2C1=CCCCC1. The van der Waals surface area contributed by atoms with E-state index in [1.807, 2.05) is 0 Å². The Morgan fingerprint density at radius 3 is 2.60 bits per heavy atom. The molecule has 0 saturated heterocycles. The van der Waals surface area contributed by atoms with Crippen molar-refractivity contribution in [3.8, 4) is 0 Å². The lowest BCUT2D eigenvalue weighted by Gasteiger charge is -2.34. The van der Waals surface area contributed by atoms with Gasteiger partial charge in [0.15, 0.2) is 0 Å². The summed E-state index contributed by atoms with van der Waals surface area (Å²) in [6.45, 7) is 6.61. The standard InChI is InChI=1S/C18H22ClN/c1-12-11-18(2,3)20-17-15(12)9-14(19)10-16(17)13-7-5-4-6-8-13/h7,9-11,20H,4-6,8H2,1-3H3. The number of hydrogen-bond acceptors (Lipinski definition) is 1. The molecule has 0 saturated carbocycles. The number of rotatable bonds is 1. The van der Waals surface area contributed by atoms with Crippen molar-refractivity contribution in [2.75, 3.05) is 5.32 Å². The van der Waals surface area contributed by atoms with Crippen LogP contribution in [-0.4, -0.2) is 5.54 Å². The van der Waals surface area contributed by atoms with Gasteiger partial charge in [-0.15, -0.1) is 0 Å². The molecule has 1 aromatic carbocycles. The molecule has 1 aromatic rings. The average Bonchev–Trinajstić information content (AvgIpc) is 2.39. The van der Waals surface area contributed by atoms with Crippen LogP contribution >= 0.6 is 11.6 Å². The third-order valence-electron chi connectivity index (χ3n) is 4.19. The van der Waals surface area contributed by atoms with Crippen molar-refractivity contribution in [3.05, 3.63) is 40.4 Å². The van der Waals surface area contributed by atoms with Crippen molar-refractivity contribution in [1.82, 2.24) is 0 Å². The Bertz CT molecular complexity index is 608. The van der Waals surface area contributed by atoms with Crippen LogP contribution in [-0.2, 0) is 0 Å². The largest absolute Gasteiger partial charge is 0.376 e. The Morgan fingerprint density at radius 1 is 1.15 bits per heavy atom. The van der Waals surface area contributed by atoms with Gasteiger partial charge in [-0.1, -0.05) is 23.8 Å². The van der Waals surface area contributed by atoms with Gasteiger partial charge in [0, 0.05) is 21.8 Å². The topological polar surface area (TPSA) is 12.0 Å². The molecule has 0 radical (unpaired) electrons. The molecule has 0 fully saturated rings. The lowest BCUT2D eigenvalue weighted by atomic mass is 9.85. The van der Waals surface area contributed by atoms with Crippen molar-refractivity contribution >= 4 is 28.4 Å². The summed E-state index contributed by atoms with van der Waals surface area (Å²) in [6.07, 6.45) is 9.62. The Kier molecular flexibility index (Phi) is 3.41. The maximum absolute atomic E-state index is 6.36. The second-order valence-corrected chi connectivity index (χ2v) is 6.96. The molecule has 106 valence electrons. The molecule has 2 heteroatoms. The van der Waals surface area contributed by atoms with Gasteiger partial charge in [-0.2, -0.15) is 0 Å². The van der Waals surface area contributed by atoms with Crippen LogP contribution in [0, 0.1) is 0 Å². The molecule has 0 spiro atoms.